The van der Waals surface area contributed by atoms with Gasteiger partial charge in [-0.25, -0.2) is 0 Å². The summed E-state index contributed by atoms with van der Waals surface area (Å²) in [5.74, 6) is -1.32. The maximum Gasteiger partial charge on any atom is 0.391 e. The molecule has 0 saturated heterocycles. The van der Waals surface area contributed by atoms with Crippen LogP contribution in [0.2, 0.25) is 0 Å². The molecule has 114 valence electrons. The normalized spacial score (nSPS) is 29.1. The monoisotopic (exact) mass is 298 g/mol. The fourth-order valence-corrected chi connectivity index (χ4v) is 3.20. The van der Waals surface area contributed by atoms with E-state index in [9.17, 15) is 18.0 Å². The molecule has 0 aromatic heterocycles. The van der Waals surface area contributed by atoms with Crippen LogP contribution in [0.4, 0.5) is 18.9 Å². The van der Waals surface area contributed by atoms with Crippen LogP contribution in [-0.4, -0.2) is 18.1 Å². The Morgan fingerprint density at radius 3 is 2.43 bits per heavy atom. The van der Waals surface area contributed by atoms with E-state index in [1.807, 2.05) is 24.3 Å². The number of para-hydroxylation sites is 1. The van der Waals surface area contributed by atoms with Gasteiger partial charge in [0, 0.05) is 17.3 Å². The Morgan fingerprint density at radius 1 is 1.10 bits per heavy atom. The van der Waals surface area contributed by atoms with E-state index in [1.54, 1.807) is 0 Å². The molecule has 1 aromatic carbocycles. The maximum atomic E-state index is 12.6. The molecule has 0 bridgehead atoms. The van der Waals surface area contributed by atoms with Gasteiger partial charge in [-0.1, -0.05) is 18.2 Å². The summed E-state index contributed by atoms with van der Waals surface area (Å²) >= 11 is 0. The molecule has 1 unspecified atom stereocenters. The minimum Gasteiger partial charge on any atom is -0.324 e. The van der Waals surface area contributed by atoms with Crippen molar-refractivity contribution in [1.29, 1.82) is 0 Å². The summed E-state index contributed by atoms with van der Waals surface area (Å²) in [4.78, 5) is 12.0. The van der Waals surface area contributed by atoms with E-state index < -0.39 is 18.1 Å². The first-order valence-electron chi connectivity index (χ1n) is 7.17. The van der Waals surface area contributed by atoms with E-state index >= 15 is 0 Å². The van der Waals surface area contributed by atoms with E-state index in [1.165, 1.54) is 0 Å². The second-order valence-corrected chi connectivity index (χ2v) is 5.77. The largest absolute Gasteiger partial charge is 0.391 e. The van der Waals surface area contributed by atoms with Gasteiger partial charge in [0.2, 0.25) is 5.91 Å². The number of anilines is 1. The van der Waals surface area contributed by atoms with Gasteiger partial charge in [-0.3, -0.25) is 10.1 Å². The Balaban J connectivity index is 1.63. The van der Waals surface area contributed by atoms with Crippen LogP contribution < -0.4 is 10.6 Å². The molecule has 3 nitrogen and oxygen atoms in total. The number of fused-ring (bicyclic) bond motifs is 1. The Morgan fingerprint density at radius 2 is 1.76 bits per heavy atom. The second-order valence-electron chi connectivity index (χ2n) is 5.77. The van der Waals surface area contributed by atoms with E-state index in [0.29, 0.717) is 12.8 Å². The lowest BCUT2D eigenvalue weighted by atomic mass is 9.85. The molecule has 0 radical (unpaired) electrons. The molecular formula is C15H17F3N2O. The van der Waals surface area contributed by atoms with Crippen LogP contribution in [0.25, 0.3) is 0 Å². The van der Waals surface area contributed by atoms with Crippen LogP contribution in [0.15, 0.2) is 24.3 Å². The predicted molar refractivity (Wildman–Crippen MR) is 72.7 cm³/mol. The average Bonchev–Trinajstić information content (AvgIpc) is 2.75. The lowest BCUT2D eigenvalue weighted by Crippen LogP contribution is -2.40. The molecule has 3 rings (SSSR count). The fourth-order valence-electron chi connectivity index (χ4n) is 3.20. The molecule has 1 atom stereocenters. The highest BCUT2D eigenvalue weighted by Gasteiger charge is 2.42. The molecule has 1 aliphatic heterocycles. The maximum absolute atomic E-state index is 12.6. The number of carbonyl (C=O) groups is 1. The summed E-state index contributed by atoms with van der Waals surface area (Å²) < 4.78 is 37.9. The molecule has 1 saturated carbocycles. The van der Waals surface area contributed by atoms with Gasteiger partial charge in [0.05, 0.1) is 5.92 Å². The number of halogens is 3. The minimum atomic E-state index is -4.09. The molecule has 2 N–H and O–H groups in total. The first-order valence-corrected chi connectivity index (χ1v) is 7.17. The Labute approximate surface area is 120 Å². The van der Waals surface area contributed by atoms with Crippen LogP contribution >= 0.6 is 0 Å². The molecule has 1 aliphatic carbocycles. The third-order valence-electron chi connectivity index (χ3n) is 4.38. The van der Waals surface area contributed by atoms with Crippen LogP contribution in [0.3, 0.4) is 0 Å². The first-order chi connectivity index (χ1) is 9.95. The van der Waals surface area contributed by atoms with Crippen LogP contribution in [0.5, 0.6) is 0 Å². The van der Waals surface area contributed by atoms with Gasteiger partial charge in [0.15, 0.2) is 0 Å². The fraction of sp³-hybridized carbons (Fsp3) is 0.533. The SMILES string of the molecule is O=C1Nc2ccccc2C1NC1CCC(C(F)(F)F)CC1. The highest BCUT2D eigenvalue weighted by molar-refractivity contribution is 6.02. The molecule has 1 fully saturated rings. The molecule has 6 heteroatoms. The topological polar surface area (TPSA) is 41.1 Å². The van der Waals surface area contributed by atoms with E-state index in [0.717, 1.165) is 11.3 Å². The molecule has 21 heavy (non-hydrogen) atoms. The number of hydrogen-bond donors (Lipinski definition) is 2. The number of amides is 1. The van der Waals surface area contributed by atoms with Crippen molar-refractivity contribution < 1.29 is 18.0 Å². The van der Waals surface area contributed by atoms with Crippen molar-refractivity contribution in [2.45, 2.75) is 43.9 Å². The summed E-state index contributed by atoms with van der Waals surface area (Å²) in [5.41, 5.74) is 1.66. The van der Waals surface area contributed by atoms with Gasteiger partial charge in [-0.2, -0.15) is 13.2 Å². The first kappa shape index (κ1) is 14.4. The van der Waals surface area contributed by atoms with E-state index in [4.69, 9.17) is 0 Å². The second kappa shape index (κ2) is 5.33. The van der Waals surface area contributed by atoms with Crippen LogP contribution in [-0.2, 0) is 4.79 Å². The molecule has 1 aromatic rings. The third-order valence-corrected chi connectivity index (χ3v) is 4.38. The average molecular weight is 298 g/mol. The lowest BCUT2D eigenvalue weighted by molar-refractivity contribution is -0.182. The number of rotatable bonds is 2. The molecular weight excluding hydrogens is 281 g/mol. The molecule has 1 heterocycles. The number of hydrogen-bond acceptors (Lipinski definition) is 2. The number of nitrogens with one attached hydrogen (secondary N) is 2. The van der Waals surface area contributed by atoms with Gasteiger partial charge in [-0.15, -0.1) is 0 Å². The summed E-state index contributed by atoms with van der Waals surface area (Å²) in [7, 11) is 0. The van der Waals surface area contributed by atoms with Gasteiger partial charge >= 0.3 is 6.18 Å². The highest BCUT2D eigenvalue weighted by atomic mass is 19.4. The Bertz CT molecular complexity index is 536. The van der Waals surface area contributed by atoms with Gasteiger partial charge in [-0.05, 0) is 31.7 Å². The van der Waals surface area contributed by atoms with Crippen molar-refractivity contribution in [3.05, 3.63) is 29.8 Å². The van der Waals surface area contributed by atoms with Crippen molar-refractivity contribution in [2.24, 2.45) is 5.92 Å². The zero-order chi connectivity index (χ0) is 15.0. The smallest absolute Gasteiger partial charge is 0.324 e. The van der Waals surface area contributed by atoms with Gasteiger partial charge in [0.1, 0.15) is 6.04 Å². The number of alkyl halides is 3. The summed E-state index contributed by atoms with van der Waals surface area (Å²) in [6.07, 6.45) is -2.91. The summed E-state index contributed by atoms with van der Waals surface area (Å²) in [5, 5.41) is 6.01. The van der Waals surface area contributed by atoms with Crippen molar-refractivity contribution >= 4 is 11.6 Å². The standard InChI is InChI=1S/C15H17F3N2O/c16-15(17,18)9-5-7-10(8-6-9)19-13-11-3-1-2-4-12(11)20-14(13)21/h1-4,9-10,13,19H,5-8H2,(H,20,21). The van der Waals surface area contributed by atoms with Crippen molar-refractivity contribution in [3.8, 4) is 0 Å². The number of carbonyl (C=O) groups excluding carboxylic acids is 1. The van der Waals surface area contributed by atoms with Crippen LogP contribution in [0, 0.1) is 5.92 Å². The highest BCUT2D eigenvalue weighted by Crippen LogP contribution is 2.38. The lowest BCUT2D eigenvalue weighted by Gasteiger charge is -2.31. The number of benzene rings is 1. The van der Waals surface area contributed by atoms with Crippen molar-refractivity contribution in [1.82, 2.24) is 5.32 Å². The molecule has 2 aliphatic rings. The third kappa shape index (κ3) is 2.90. The summed E-state index contributed by atoms with van der Waals surface area (Å²) in [6.45, 7) is 0. The zero-order valence-corrected chi connectivity index (χ0v) is 11.4. The quantitative estimate of drug-likeness (QED) is 0.878. The van der Waals surface area contributed by atoms with Gasteiger partial charge < -0.3 is 5.32 Å². The Kier molecular flexibility index (Phi) is 3.65. The van der Waals surface area contributed by atoms with E-state index in [2.05, 4.69) is 10.6 Å². The summed E-state index contributed by atoms with van der Waals surface area (Å²) in [6, 6.07) is 6.91. The molecule has 0 spiro atoms. The Hall–Kier alpha value is -1.56. The van der Waals surface area contributed by atoms with E-state index in [-0.39, 0.29) is 24.8 Å². The van der Waals surface area contributed by atoms with Crippen LogP contribution in [0.1, 0.15) is 37.3 Å². The zero-order valence-electron chi connectivity index (χ0n) is 11.4. The van der Waals surface area contributed by atoms with Gasteiger partial charge in [0.25, 0.3) is 0 Å². The molecule has 1 amide bonds. The minimum absolute atomic E-state index is 0.0366. The van der Waals surface area contributed by atoms with Crippen molar-refractivity contribution in [2.75, 3.05) is 5.32 Å². The predicted octanol–water partition coefficient (Wildman–Crippen LogP) is 3.39. The van der Waals surface area contributed by atoms with Crippen molar-refractivity contribution in [3.63, 3.8) is 0 Å².